The van der Waals surface area contributed by atoms with Gasteiger partial charge in [-0.1, -0.05) is 244 Å². The van der Waals surface area contributed by atoms with Crippen LogP contribution in [0.2, 0.25) is 0 Å². The van der Waals surface area contributed by atoms with Crippen LogP contribution in [0.4, 0.5) is 34.1 Å². The minimum absolute atomic E-state index is 0.00299. The second-order valence-electron chi connectivity index (χ2n) is 25.8. The fourth-order valence-corrected chi connectivity index (χ4v) is 15.3. The molecule has 454 valence electrons. The molecule has 0 radical (unpaired) electrons. The van der Waals surface area contributed by atoms with Crippen LogP contribution >= 0.6 is 0 Å². The molecule has 0 atom stereocenters. The summed E-state index contributed by atoms with van der Waals surface area (Å²) in [7, 11) is 0. The summed E-state index contributed by atoms with van der Waals surface area (Å²) in [6.07, 6.45) is 0. The highest BCUT2D eigenvalue weighted by atomic mass is 15.2. The van der Waals surface area contributed by atoms with E-state index >= 15 is 0 Å². The van der Waals surface area contributed by atoms with E-state index in [9.17, 15) is 0 Å². The maximum Gasteiger partial charge on any atom is 0.252 e. The molecule has 19 rings (SSSR count). The van der Waals surface area contributed by atoms with Crippen molar-refractivity contribution in [1.82, 2.24) is 34.5 Å². The van der Waals surface area contributed by atoms with Crippen LogP contribution in [0.1, 0.15) is 25.0 Å². The Bertz CT molecular complexity index is 5630. The minimum atomic E-state index is -0.244. The predicted molar refractivity (Wildman–Crippen MR) is 397 cm³/mol. The normalized spacial score (nSPS) is 13.1. The number of para-hydroxylation sites is 5. The van der Waals surface area contributed by atoms with Crippen LogP contribution in [-0.2, 0) is 5.41 Å². The maximum absolute atomic E-state index is 5.63. The Morgan fingerprint density at radius 3 is 1.26 bits per heavy atom. The molecule has 0 N–H and O–H groups in total. The Hall–Kier alpha value is -12.7. The predicted octanol–water partition coefficient (Wildman–Crippen LogP) is 19.2. The monoisotopic (exact) mass is 1240 g/mol. The molecule has 0 amide bonds. The third-order valence-electron chi connectivity index (χ3n) is 19.9. The lowest BCUT2D eigenvalue weighted by atomic mass is 9.33. The molecule has 0 fully saturated rings. The Morgan fingerprint density at radius 1 is 0.268 bits per heavy atom. The van der Waals surface area contributed by atoms with Gasteiger partial charge in [-0.3, -0.25) is 0 Å². The molecule has 5 heterocycles. The van der Waals surface area contributed by atoms with Crippen molar-refractivity contribution >= 4 is 79.0 Å². The van der Waals surface area contributed by atoms with Crippen molar-refractivity contribution in [3.8, 4) is 96.3 Å². The Labute approximate surface area is 562 Å². The zero-order valence-electron chi connectivity index (χ0n) is 53.1. The van der Waals surface area contributed by atoms with E-state index in [-0.39, 0.29) is 12.1 Å². The molecule has 16 aromatic rings. The third kappa shape index (κ3) is 9.09. The first kappa shape index (κ1) is 55.9. The molecule has 2 aliphatic heterocycles. The third-order valence-corrected chi connectivity index (χ3v) is 19.9. The van der Waals surface area contributed by atoms with E-state index < -0.39 is 0 Å². The quantitative estimate of drug-likeness (QED) is 0.125. The van der Waals surface area contributed by atoms with Crippen molar-refractivity contribution in [2.45, 2.75) is 19.3 Å². The average Bonchev–Trinajstić information content (AvgIpc) is 1.59. The van der Waals surface area contributed by atoms with Crippen LogP contribution in [0.5, 0.6) is 0 Å². The van der Waals surface area contributed by atoms with E-state index in [2.05, 4.69) is 265 Å². The van der Waals surface area contributed by atoms with Crippen LogP contribution in [0.15, 0.2) is 315 Å². The van der Waals surface area contributed by atoms with Crippen molar-refractivity contribution < 1.29 is 0 Å². The van der Waals surface area contributed by atoms with Gasteiger partial charge in [-0.15, -0.1) is 0 Å². The Balaban J connectivity index is 0.820. The summed E-state index contributed by atoms with van der Waals surface area (Å²) < 4.78 is 2.41. The molecule has 0 saturated carbocycles. The van der Waals surface area contributed by atoms with E-state index in [4.69, 9.17) is 29.9 Å². The van der Waals surface area contributed by atoms with Crippen LogP contribution < -0.4 is 26.2 Å². The van der Waals surface area contributed by atoms with Crippen molar-refractivity contribution in [3.05, 3.63) is 327 Å². The number of benzene rings is 13. The zero-order chi connectivity index (χ0) is 64.3. The molecule has 13 aromatic carbocycles. The summed E-state index contributed by atoms with van der Waals surface area (Å²) in [4.78, 5) is 37.1. The molecule has 1 aliphatic carbocycles. The van der Waals surface area contributed by atoms with Crippen LogP contribution in [-0.4, -0.2) is 41.2 Å². The van der Waals surface area contributed by atoms with Gasteiger partial charge in [0.1, 0.15) is 0 Å². The summed E-state index contributed by atoms with van der Waals surface area (Å²) in [6, 6.07) is 112. The summed E-state index contributed by atoms with van der Waals surface area (Å²) in [5.41, 5.74) is 25.7. The summed E-state index contributed by atoms with van der Waals surface area (Å²) in [5, 5.41) is 2.31. The van der Waals surface area contributed by atoms with Crippen LogP contribution in [0, 0.1) is 0 Å². The molecular weight excluding hydrogens is 1180 g/mol. The first-order chi connectivity index (χ1) is 47.9. The molecule has 97 heavy (non-hydrogen) atoms. The van der Waals surface area contributed by atoms with Crippen LogP contribution in [0.25, 0.3) is 118 Å². The van der Waals surface area contributed by atoms with Crippen molar-refractivity contribution in [1.29, 1.82) is 0 Å². The number of rotatable bonds is 10. The summed E-state index contributed by atoms with van der Waals surface area (Å²) >= 11 is 0. The summed E-state index contributed by atoms with van der Waals surface area (Å²) in [5.74, 6) is 3.24. The summed E-state index contributed by atoms with van der Waals surface area (Å²) in [6.45, 7) is 4.69. The number of fused-ring (bicyclic) bond motifs is 10. The van der Waals surface area contributed by atoms with Crippen LogP contribution in [0.3, 0.4) is 0 Å². The number of hydrogen-bond acceptors (Lipinski definition) is 8. The van der Waals surface area contributed by atoms with Gasteiger partial charge in [-0.05, 0) is 135 Å². The second kappa shape index (κ2) is 22.3. The van der Waals surface area contributed by atoms with Gasteiger partial charge >= 0.3 is 0 Å². The second-order valence-corrected chi connectivity index (χ2v) is 25.8. The highest BCUT2D eigenvalue weighted by molar-refractivity contribution is 7.00. The van der Waals surface area contributed by atoms with Gasteiger partial charge in [-0.2, -0.15) is 0 Å². The topological polar surface area (TPSA) is 88.7 Å². The molecule has 0 bridgehead atoms. The first-order valence-electron chi connectivity index (χ1n) is 33.0. The molecule has 0 spiro atoms. The smallest absolute Gasteiger partial charge is 0.252 e. The van der Waals surface area contributed by atoms with Gasteiger partial charge < -0.3 is 14.4 Å². The number of anilines is 6. The molecule has 9 nitrogen and oxygen atoms in total. The average molecular weight is 1240 g/mol. The standard InChI is InChI=1S/C87H58BN9/c1-87(2)69-38-20-18-36-64(69)66-53-67-65-37-19-23-41-73(65)97(77(67)54-70(66)87)74-49-48-60(85-91-81(56-26-8-3-9-27-56)89-82(92-85)57-28-10-4-11-29-57)50-68(74)86-93-83(58-30-12-5-13-31-58)90-84(94-86)59-46-44-55(45-47-59)61-51-78-80-79(52-61)96(63-34-16-7-17-35-63)76-43-25-22-40-72(76)88(80)71-39-21-24-42-75(71)95(78)62-32-14-6-15-33-62/h3-54H,1-2H3. The molecule has 10 heteroatoms. The Kier molecular flexibility index (Phi) is 12.8. The fourth-order valence-electron chi connectivity index (χ4n) is 15.3. The molecule has 0 saturated heterocycles. The van der Waals surface area contributed by atoms with E-state index in [1.54, 1.807) is 0 Å². The van der Waals surface area contributed by atoms with Gasteiger partial charge in [0.15, 0.2) is 34.9 Å². The van der Waals surface area contributed by atoms with Crippen molar-refractivity contribution in [2.24, 2.45) is 0 Å². The highest BCUT2D eigenvalue weighted by Gasteiger charge is 2.44. The van der Waals surface area contributed by atoms with E-state index in [0.717, 1.165) is 94.8 Å². The van der Waals surface area contributed by atoms with Gasteiger partial charge in [0, 0.05) is 83.7 Å². The maximum atomic E-state index is 5.63. The van der Waals surface area contributed by atoms with Crippen molar-refractivity contribution in [2.75, 3.05) is 9.80 Å². The largest absolute Gasteiger partial charge is 0.311 e. The van der Waals surface area contributed by atoms with Gasteiger partial charge in [0.25, 0.3) is 6.71 Å². The lowest BCUT2D eigenvalue weighted by Gasteiger charge is -2.44. The lowest BCUT2D eigenvalue weighted by molar-refractivity contribution is 0.661. The van der Waals surface area contributed by atoms with Crippen molar-refractivity contribution in [3.63, 3.8) is 0 Å². The molecule has 3 aliphatic rings. The van der Waals surface area contributed by atoms with Gasteiger partial charge in [-0.25, -0.2) is 29.9 Å². The van der Waals surface area contributed by atoms with Gasteiger partial charge in [0.2, 0.25) is 0 Å². The molecule has 0 unspecified atom stereocenters. The first-order valence-corrected chi connectivity index (χ1v) is 33.0. The van der Waals surface area contributed by atoms with Gasteiger partial charge in [0.05, 0.1) is 16.7 Å². The zero-order valence-corrected chi connectivity index (χ0v) is 53.1. The minimum Gasteiger partial charge on any atom is -0.311 e. The number of nitrogens with zero attached hydrogens (tertiary/aromatic N) is 9. The number of hydrogen-bond donors (Lipinski definition) is 0. The van der Waals surface area contributed by atoms with E-state index in [0.29, 0.717) is 34.9 Å². The van der Waals surface area contributed by atoms with E-state index in [1.165, 1.54) is 50.0 Å². The molecule has 3 aromatic heterocycles. The fraction of sp³-hybridized carbons (Fsp3) is 0.0345. The Morgan fingerprint density at radius 2 is 0.701 bits per heavy atom. The molecular formula is C87H58BN9. The van der Waals surface area contributed by atoms with E-state index in [1.807, 2.05) is 78.9 Å². The number of aromatic nitrogens is 7. The highest BCUT2D eigenvalue weighted by Crippen LogP contribution is 2.52. The lowest BCUT2D eigenvalue weighted by Crippen LogP contribution is -2.61. The SMILES string of the molecule is CC1(C)c2ccccc2-c2cc3c4ccccc4n(-c4ccc(-c5nc(-c6ccccc6)nc(-c6ccccc6)n5)cc4-c4nc(-c5ccccc5)nc(-c5ccc(-c6cc7c8c(c6)N(c6ccccc6)c6ccccc6B8c6ccccc6N7c6ccccc6)cc5)n4)c3cc21.